The molecule has 0 saturated heterocycles. The molecule has 0 aliphatic heterocycles. The fraction of sp³-hybridized carbons (Fsp3) is 0.400. The summed E-state index contributed by atoms with van der Waals surface area (Å²) in [5.41, 5.74) is 1.65. The molecule has 0 aromatic carbocycles. The van der Waals surface area contributed by atoms with Gasteiger partial charge in [-0.2, -0.15) is 5.10 Å². The molecule has 0 fully saturated rings. The van der Waals surface area contributed by atoms with Crippen LogP contribution < -0.4 is 5.56 Å². The maximum absolute atomic E-state index is 11.4. The van der Waals surface area contributed by atoms with Crippen molar-refractivity contribution >= 4 is 5.52 Å². The van der Waals surface area contributed by atoms with Crippen LogP contribution in [0.3, 0.4) is 0 Å². The van der Waals surface area contributed by atoms with Gasteiger partial charge in [-0.25, -0.2) is 4.52 Å². The van der Waals surface area contributed by atoms with Crippen LogP contribution in [0.5, 0.6) is 0 Å². The molecule has 0 atom stereocenters. The van der Waals surface area contributed by atoms with Crippen molar-refractivity contribution in [3.05, 3.63) is 34.5 Å². The zero-order valence-corrected chi connectivity index (χ0v) is 8.53. The molecule has 0 radical (unpaired) electrons. The monoisotopic (exact) mass is 191 g/mol. The maximum atomic E-state index is 11.4. The van der Waals surface area contributed by atoms with Crippen molar-refractivity contribution in [1.29, 1.82) is 0 Å². The van der Waals surface area contributed by atoms with Crippen LogP contribution in [0.1, 0.15) is 26.3 Å². The molecule has 1 N–H and O–H groups in total. The second-order valence-corrected chi connectivity index (χ2v) is 4.43. The lowest BCUT2D eigenvalue weighted by Crippen LogP contribution is -2.09. The third kappa shape index (κ3) is 1.32. The van der Waals surface area contributed by atoms with Gasteiger partial charge in [-0.05, 0) is 17.0 Å². The predicted molar refractivity (Wildman–Crippen MR) is 54.5 cm³/mol. The van der Waals surface area contributed by atoms with Crippen molar-refractivity contribution in [3.63, 3.8) is 0 Å². The van der Waals surface area contributed by atoms with Crippen molar-refractivity contribution in [2.75, 3.05) is 0 Å². The van der Waals surface area contributed by atoms with E-state index in [0.717, 1.165) is 5.56 Å². The molecule has 2 aromatic rings. The summed E-state index contributed by atoms with van der Waals surface area (Å²) >= 11 is 0. The molecule has 2 heterocycles. The predicted octanol–water partition coefficient (Wildman–Crippen LogP) is 1.32. The van der Waals surface area contributed by atoms with Crippen LogP contribution in [0.2, 0.25) is 0 Å². The zero-order valence-electron chi connectivity index (χ0n) is 8.53. The molecular weight excluding hydrogens is 178 g/mol. The fourth-order valence-corrected chi connectivity index (χ4v) is 1.35. The quantitative estimate of drug-likeness (QED) is 0.682. The summed E-state index contributed by atoms with van der Waals surface area (Å²) in [5, 5.41) is 4.04. The lowest BCUT2D eigenvalue weighted by Gasteiger charge is -2.15. The van der Waals surface area contributed by atoms with Crippen LogP contribution in [-0.2, 0) is 5.41 Å². The Bertz CT molecular complexity index is 516. The summed E-state index contributed by atoms with van der Waals surface area (Å²) in [7, 11) is 0. The summed E-state index contributed by atoms with van der Waals surface area (Å²) in [6, 6.07) is 1.88. The van der Waals surface area contributed by atoms with Crippen LogP contribution >= 0.6 is 0 Å². The number of H-pyrrole nitrogens is 1. The van der Waals surface area contributed by atoms with Crippen molar-refractivity contribution < 1.29 is 0 Å². The van der Waals surface area contributed by atoms with Gasteiger partial charge in [0.25, 0.3) is 5.56 Å². The summed E-state index contributed by atoms with van der Waals surface area (Å²) in [6.45, 7) is 6.32. The Morgan fingerprint density at radius 1 is 1.43 bits per heavy atom. The molecule has 0 unspecified atom stereocenters. The van der Waals surface area contributed by atoms with E-state index < -0.39 is 0 Å². The van der Waals surface area contributed by atoms with E-state index in [4.69, 9.17) is 0 Å². The van der Waals surface area contributed by atoms with Crippen molar-refractivity contribution in [3.8, 4) is 0 Å². The van der Waals surface area contributed by atoms with Crippen molar-refractivity contribution in [2.45, 2.75) is 26.2 Å². The number of nitrogens with zero attached hydrogens (tertiary/aromatic N) is 2. The van der Waals surface area contributed by atoms with E-state index >= 15 is 0 Å². The van der Waals surface area contributed by atoms with Gasteiger partial charge in [0.2, 0.25) is 0 Å². The first-order chi connectivity index (χ1) is 6.48. The topological polar surface area (TPSA) is 50.2 Å². The first-order valence-electron chi connectivity index (χ1n) is 4.55. The molecule has 2 aromatic heterocycles. The Morgan fingerprint density at radius 3 is 2.71 bits per heavy atom. The number of hydrogen-bond donors (Lipinski definition) is 1. The molecule has 0 bridgehead atoms. The lowest BCUT2D eigenvalue weighted by atomic mass is 9.89. The minimum atomic E-state index is -0.101. The highest BCUT2D eigenvalue weighted by atomic mass is 16.1. The number of hydrogen-bond acceptors (Lipinski definition) is 2. The SMILES string of the molecule is CC(C)(C)c1cc2c(=O)[nH]cnn2c1. The average Bonchev–Trinajstić information content (AvgIpc) is 2.48. The number of nitrogens with one attached hydrogen (secondary N) is 1. The highest BCUT2D eigenvalue weighted by Gasteiger charge is 2.16. The van der Waals surface area contributed by atoms with E-state index in [1.165, 1.54) is 6.33 Å². The Hall–Kier alpha value is -1.58. The second-order valence-electron chi connectivity index (χ2n) is 4.43. The molecule has 0 aliphatic carbocycles. The summed E-state index contributed by atoms with van der Waals surface area (Å²) in [4.78, 5) is 14.0. The Kier molecular flexibility index (Phi) is 1.74. The van der Waals surface area contributed by atoms with Crippen molar-refractivity contribution in [1.82, 2.24) is 14.6 Å². The molecule has 4 nitrogen and oxygen atoms in total. The maximum Gasteiger partial charge on any atom is 0.275 e. The van der Waals surface area contributed by atoms with Gasteiger partial charge in [0, 0.05) is 6.20 Å². The third-order valence-electron chi connectivity index (χ3n) is 2.28. The molecule has 74 valence electrons. The Labute approximate surface area is 81.6 Å². The van der Waals surface area contributed by atoms with Gasteiger partial charge in [0.05, 0.1) is 0 Å². The minimum Gasteiger partial charge on any atom is -0.310 e. The van der Waals surface area contributed by atoms with E-state index in [1.54, 1.807) is 4.52 Å². The Balaban J connectivity index is 2.75. The zero-order chi connectivity index (χ0) is 10.3. The average molecular weight is 191 g/mol. The standard InChI is InChI=1S/C10H13N3O/c1-10(2,3)7-4-8-9(14)11-6-12-13(8)5-7/h4-6H,1-3H3,(H,11,12,14). The van der Waals surface area contributed by atoms with Crippen LogP contribution in [0, 0.1) is 0 Å². The Morgan fingerprint density at radius 2 is 2.14 bits per heavy atom. The van der Waals surface area contributed by atoms with Gasteiger partial charge in [-0.3, -0.25) is 4.79 Å². The summed E-state index contributed by atoms with van der Waals surface area (Å²) in [6.07, 6.45) is 3.30. The van der Waals surface area contributed by atoms with Gasteiger partial charge in [0.15, 0.2) is 0 Å². The summed E-state index contributed by atoms with van der Waals surface area (Å²) in [5.74, 6) is 0. The third-order valence-corrected chi connectivity index (χ3v) is 2.28. The molecule has 0 amide bonds. The molecule has 4 heteroatoms. The number of aromatic nitrogens is 3. The second kappa shape index (κ2) is 2.70. The number of aromatic amines is 1. The smallest absolute Gasteiger partial charge is 0.275 e. The molecular formula is C10H13N3O. The first kappa shape index (κ1) is 8.99. The fourth-order valence-electron chi connectivity index (χ4n) is 1.35. The summed E-state index contributed by atoms with van der Waals surface area (Å²) < 4.78 is 1.61. The van der Waals surface area contributed by atoms with Gasteiger partial charge >= 0.3 is 0 Å². The van der Waals surface area contributed by atoms with Crippen LogP contribution in [0.15, 0.2) is 23.4 Å². The lowest BCUT2D eigenvalue weighted by molar-refractivity contribution is 0.589. The van der Waals surface area contributed by atoms with Gasteiger partial charge in [-0.1, -0.05) is 20.8 Å². The number of fused-ring (bicyclic) bond motifs is 1. The highest BCUT2D eigenvalue weighted by molar-refractivity contribution is 5.48. The van der Waals surface area contributed by atoms with E-state index in [0.29, 0.717) is 5.52 Å². The van der Waals surface area contributed by atoms with Gasteiger partial charge in [0.1, 0.15) is 11.8 Å². The largest absolute Gasteiger partial charge is 0.310 e. The van der Waals surface area contributed by atoms with Crippen LogP contribution in [0.4, 0.5) is 0 Å². The van der Waals surface area contributed by atoms with Crippen molar-refractivity contribution in [2.24, 2.45) is 0 Å². The minimum absolute atomic E-state index is 0.0418. The van der Waals surface area contributed by atoms with Crippen LogP contribution in [0.25, 0.3) is 5.52 Å². The van der Waals surface area contributed by atoms with E-state index in [9.17, 15) is 4.79 Å². The van der Waals surface area contributed by atoms with E-state index in [2.05, 4.69) is 30.9 Å². The van der Waals surface area contributed by atoms with Gasteiger partial charge in [-0.15, -0.1) is 0 Å². The molecule has 14 heavy (non-hydrogen) atoms. The number of rotatable bonds is 0. The molecule has 2 rings (SSSR count). The van der Waals surface area contributed by atoms with E-state index in [1.807, 2.05) is 12.3 Å². The normalized spacial score (nSPS) is 12.2. The van der Waals surface area contributed by atoms with E-state index in [-0.39, 0.29) is 11.0 Å². The molecule has 0 aliphatic rings. The van der Waals surface area contributed by atoms with Gasteiger partial charge < -0.3 is 4.98 Å². The van der Waals surface area contributed by atoms with Crippen LogP contribution in [-0.4, -0.2) is 14.6 Å². The molecule has 0 saturated carbocycles. The first-order valence-corrected chi connectivity index (χ1v) is 4.55. The highest BCUT2D eigenvalue weighted by Crippen LogP contribution is 2.22. The molecule has 0 spiro atoms.